The molecule has 0 unspecified atom stereocenters. The molecule has 4 heteroatoms. The van der Waals surface area contributed by atoms with E-state index in [4.69, 9.17) is 0 Å². The number of halogens is 2. The fourth-order valence-corrected chi connectivity index (χ4v) is 1.71. The summed E-state index contributed by atoms with van der Waals surface area (Å²) in [5.74, 6) is 0. The average molecular weight is 198 g/mol. The summed E-state index contributed by atoms with van der Waals surface area (Å²) in [5.41, 5.74) is 2.18. The van der Waals surface area contributed by atoms with Gasteiger partial charge in [0.05, 0.1) is 11.4 Å². The van der Waals surface area contributed by atoms with Gasteiger partial charge in [-0.3, -0.25) is 4.98 Å². The topological polar surface area (TPSA) is 24.9 Å². The molecular weight excluding hydrogens is 186 g/mol. The zero-order chi connectivity index (χ0) is 10.1. The van der Waals surface area contributed by atoms with Gasteiger partial charge >= 0.3 is 0 Å². The summed E-state index contributed by atoms with van der Waals surface area (Å²) in [6.45, 7) is 2.48. The van der Waals surface area contributed by atoms with Crippen LogP contribution in [0.25, 0.3) is 0 Å². The number of nitrogens with one attached hydrogen (secondary N) is 1. The number of rotatable bonds is 1. The number of hydrogen-bond donors (Lipinski definition) is 1. The zero-order valence-corrected chi connectivity index (χ0v) is 7.98. The Hall–Kier alpha value is -1.19. The molecule has 1 aliphatic heterocycles. The zero-order valence-electron chi connectivity index (χ0n) is 7.98. The van der Waals surface area contributed by atoms with Crippen molar-refractivity contribution in [2.45, 2.75) is 26.2 Å². The highest BCUT2D eigenvalue weighted by atomic mass is 19.3. The van der Waals surface area contributed by atoms with Crippen molar-refractivity contribution in [3.8, 4) is 0 Å². The molecule has 0 atom stereocenters. The molecule has 0 saturated heterocycles. The van der Waals surface area contributed by atoms with Crippen molar-refractivity contribution < 1.29 is 8.78 Å². The number of nitrogens with zero attached hydrogens (tertiary/aromatic N) is 1. The standard InChI is InChI=1S/C10H12F2N2/c1-6-7(10(11)12)5-9-8(14-6)3-2-4-13-9/h5,10,13H,2-4H2,1H3. The predicted molar refractivity (Wildman–Crippen MR) is 50.7 cm³/mol. The molecule has 0 spiro atoms. The lowest BCUT2D eigenvalue weighted by Gasteiger charge is -2.19. The lowest BCUT2D eigenvalue weighted by Crippen LogP contribution is -2.14. The lowest BCUT2D eigenvalue weighted by atomic mass is 10.1. The Balaban J connectivity index is 2.45. The molecule has 2 nitrogen and oxygen atoms in total. The van der Waals surface area contributed by atoms with Gasteiger partial charge in [0, 0.05) is 17.8 Å². The van der Waals surface area contributed by atoms with Gasteiger partial charge in [-0.1, -0.05) is 0 Å². The Morgan fingerprint density at radius 2 is 2.29 bits per heavy atom. The molecule has 2 heterocycles. The molecule has 0 fully saturated rings. The van der Waals surface area contributed by atoms with Crippen LogP contribution in [0.3, 0.4) is 0 Å². The van der Waals surface area contributed by atoms with Crippen molar-refractivity contribution in [3.05, 3.63) is 23.0 Å². The maximum Gasteiger partial charge on any atom is 0.265 e. The minimum absolute atomic E-state index is 0.0400. The second kappa shape index (κ2) is 3.52. The van der Waals surface area contributed by atoms with E-state index in [0.717, 1.165) is 30.8 Å². The third kappa shape index (κ3) is 1.56. The van der Waals surface area contributed by atoms with Gasteiger partial charge in [-0.25, -0.2) is 8.78 Å². The Bertz CT molecular complexity index is 350. The Morgan fingerprint density at radius 3 is 3.00 bits per heavy atom. The quantitative estimate of drug-likeness (QED) is 0.750. The van der Waals surface area contributed by atoms with Crippen molar-refractivity contribution in [3.63, 3.8) is 0 Å². The largest absolute Gasteiger partial charge is 0.384 e. The molecule has 76 valence electrons. The van der Waals surface area contributed by atoms with E-state index in [1.54, 1.807) is 6.92 Å². The summed E-state index contributed by atoms with van der Waals surface area (Å²) in [4.78, 5) is 4.19. The van der Waals surface area contributed by atoms with Crippen LogP contribution in [0, 0.1) is 6.92 Å². The predicted octanol–water partition coefficient (Wildman–Crippen LogP) is 2.69. The van der Waals surface area contributed by atoms with E-state index in [1.165, 1.54) is 6.07 Å². The molecule has 1 aromatic rings. The van der Waals surface area contributed by atoms with Crippen molar-refractivity contribution >= 4 is 5.69 Å². The number of aromatic nitrogens is 1. The summed E-state index contributed by atoms with van der Waals surface area (Å²) in [6, 6.07) is 1.53. The van der Waals surface area contributed by atoms with Gasteiger partial charge in [0.25, 0.3) is 6.43 Å². The molecule has 0 amide bonds. The first-order valence-corrected chi connectivity index (χ1v) is 4.71. The van der Waals surface area contributed by atoms with E-state index >= 15 is 0 Å². The third-order valence-electron chi connectivity index (χ3n) is 2.47. The van der Waals surface area contributed by atoms with Crippen LogP contribution in [0.15, 0.2) is 6.07 Å². The first-order chi connectivity index (χ1) is 6.68. The van der Waals surface area contributed by atoms with E-state index in [0.29, 0.717) is 5.69 Å². The van der Waals surface area contributed by atoms with Gasteiger partial charge in [-0.05, 0) is 25.8 Å². The summed E-state index contributed by atoms with van der Waals surface area (Å²) in [5, 5.41) is 3.09. The second-order valence-corrected chi connectivity index (χ2v) is 3.49. The van der Waals surface area contributed by atoms with Crippen LogP contribution in [0.4, 0.5) is 14.5 Å². The molecule has 0 aromatic carbocycles. The average Bonchev–Trinajstić information content (AvgIpc) is 2.16. The molecule has 2 rings (SSSR count). The molecule has 0 saturated carbocycles. The van der Waals surface area contributed by atoms with E-state index in [2.05, 4.69) is 10.3 Å². The van der Waals surface area contributed by atoms with Crippen LogP contribution in [0.5, 0.6) is 0 Å². The van der Waals surface area contributed by atoms with Crippen LogP contribution in [-0.2, 0) is 6.42 Å². The highest BCUT2D eigenvalue weighted by Crippen LogP contribution is 2.28. The molecule has 1 aromatic heterocycles. The van der Waals surface area contributed by atoms with E-state index < -0.39 is 6.43 Å². The SMILES string of the molecule is Cc1nc2c(cc1C(F)F)NCCC2. The van der Waals surface area contributed by atoms with E-state index in [9.17, 15) is 8.78 Å². The number of hydrogen-bond acceptors (Lipinski definition) is 2. The number of alkyl halides is 2. The van der Waals surface area contributed by atoms with Crippen molar-refractivity contribution in [2.75, 3.05) is 11.9 Å². The van der Waals surface area contributed by atoms with Crippen molar-refractivity contribution in [1.82, 2.24) is 4.98 Å². The van der Waals surface area contributed by atoms with Crippen molar-refractivity contribution in [2.24, 2.45) is 0 Å². The van der Waals surface area contributed by atoms with Crippen LogP contribution >= 0.6 is 0 Å². The highest BCUT2D eigenvalue weighted by Gasteiger charge is 2.17. The molecule has 0 radical (unpaired) electrons. The molecular formula is C10H12F2N2. The third-order valence-corrected chi connectivity index (χ3v) is 2.47. The summed E-state index contributed by atoms with van der Waals surface area (Å²) in [7, 11) is 0. The first-order valence-electron chi connectivity index (χ1n) is 4.71. The number of anilines is 1. The Labute approximate surface area is 81.4 Å². The molecule has 1 N–H and O–H groups in total. The van der Waals surface area contributed by atoms with Gasteiger partial charge in [0.2, 0.25) is 0 Å². The second-order valence-electron chi connectivity index (χ2n) is 3.49. The first kappa shape index (κ1) is 9.37. The van der Waals surface area contributed by atoms with Crippen LogP contribution in [-0.4, -0.2) is 11.5 Å². The Morgan fingerprint density at radius 1 is 1.50 bits per heavy atom. The van der Waals surface area contributed by atoms with Gasteiger partial charge in [0.15, 0.2) is 0 Å². The highest BCUT2D eigenvalue weighted by molar-refractivity contribution is 5.53. The van der Waals surface area contributed by atoms with Gasteiger partial charge < -0.3 is 5.32 Å². The van der Waals surface area contributed by atoms with Crippen LogP contribution < -0.4 is 5.32 Å². The van der Waals surface area contributed by atoms with E-state index in [1.807, 2.05) is 0 Å². The molecule has 14 heavy (non-hydrogen) atoms. The number of fused-ring (bicyclic) bond motifs is 1. The smallest absolute Gasteiger partial charge is 0.265 e. The van der Waals surface area contributed by atoms with Crippen LogP contribution in [0.1, 0.15) is 29.8 Å². The lowest BCUT2D eigenvalue weighted by molar-refractivity contribution is 0.150. The summed E-state index contributed by atoms with van der Waals surface area (Å²) >= 11 is 0. The fraction of sp³-hybridized carbons (Fsp3) is 0.500. The maximum absolute atomic E-state index is 12.5. The van der Waals surface area contributed by atoms with Gasteiger partial charge in [-0.15, -0.1) is 0 Å². The number of pyridine rings is 1. The van der Waals surface area contributed by atoms with Gasteiger partial charge in [0.1, 0.15) is 0 Å². The molecule has 0 aliphatic carbocycles. The fourth-order valence-electron chi connectivity index (χ4n) is 1.71. The van der Waals surface area contributed by atoms with Gasteiger partial charge in [-0.2, -0.15) is 0 Å². The van der Waals surface area contributed by atoms with E-state index in [-0.39, 0.29) is 5.56 Å². The minimum Gasteiger partial charge on any atom is -0.384 e. The summed E-state index contributed by atoms with van der Waals surface area (Å²) < 4.78 is 25.1. The number of aryl methyl sites for hydroxylation is 2. The normalized spacial score (nSPS) is 15.1. The molecule has 1 aliphatic rings. The Kier molecular flexibility index (Phi) is 2.35. The van der Waals surface area contributed by atoms with Crippen LogP contribution in [0.2, 0.25) is 0 Å². The maximum atomic E-state index is 12.5. The monoisotopic (exact) mass is 198 g/mol. The minimum atomic E-state index is -2.43. The summed E-state index contributed by atoms with van der Waals surface area (Å²) in [6.07, 6.45) is -0.531. The van der Waals surface area contributed by atoms with Crippen molar-refractivity contribution in [1.29, 1.82) is 0 Å². The molecule has 0 bridgehead atoms.